The van der Waals surface area contributed by atoms with Crippen molar-refractivity contribution >= 4 is 10.9 Å². The molecule has 2 aromatic heterocycles. The molecule has 1 aromatic carbocycles. The molecule has 0 saturated heterocycles. The molecule has 4 heteroatoms. The van der Waals surface area contributed by atoms with Crippen molar-refractivity contribution in [2.24, 2.45) is 0 Å². The summed E-state index contributed by atoms with van der Waals surface area (Å²) >= 11 is 0. The van der Waals surface area contributed by atoms with E-state index < -0.39 is 0 Å². The van der Waals surface area contributed by atoms with Crippen LogP contribution in [0.5, 0.6) is 0 Å². The number of benzene rings is 1. The van der Waals surface area contributed by atoms with Gasteiger partial charge in [0.1, 0.15) is 0 Å². The van der Waals surface area contributed by atoms with E-state index in [2.05, 4.69) is 9.97 Å². The molecule has 0 radical (unpaired) electrons. The zero-order valence-corrected chi connectivity index (χ0v) is 8.31. The molecule has 0 atom stereocenters. The molecule has 78 valence electrons. The van der Waals surface area contributed by atoms with E-state index in [0.717, 1.165) is 0 Å². The molecule has 16 heavy (non-hydrogen) atoms. The first-order chi connectivity index (χ1) is 7.84. The van der Waals surface area contributed by atoms with Crippen LogP contribution in [0.4, 0.5) is 0 Å². The molecule has 0 amide bonds. The molecule has 0 spiro atoms. The summed E-state index contributed by atoms with van der Waals surface area (Å²) < 4.78 is 5.19. The zero-order chi connectivity index (χ0) is 11.0. The number of para-hydroxylation sites is 1. The van der Waals surface area contributed by atoms with Crippen molar-refractivity contribution in [2.75, 3.05) is 0 Å². The van der Waals surface area contributed by atoms with E-state index in [1.165, 1.54) is 0 Å². The first-order valence-electron chi connectivity index (χ1n) is 4.87. The van der Waals surface area contributed by atoms with E-state index in [0.29, 0.717) is 22.5 Å². The van der Waals surface area contributed by atoms with Crippen molar-refractivity contribution in [2.45, 2.75) is 0 Å². The topological polar surface area (TPSA) is 58.9 Å². The van der Waals surface area contributed by atoms with E-state index in [1.807, 2.05) is 12.1 Å². The average Bonchev–Trinajstić information content (AvgIpc) is 2.82. The average molecular weight is 212 g/mol. The molecule has 0 fully saturated rings. The largest absolute Gasteiger partial charge is 0.461 e. The molecule has 0 aliphatic rings. The smallest absolute Gasteiger partial charge is 0.259 e. The Labute approximate surface area is 90.6 Å². The van der Waals surface area contributed by atoms with Crippen molar-refractivity contribution in [3.63, 3.8) is 0 Å². The SMILES string of the molecule is O=c1[nH]c(-c2ccco2)nc2ccccc12. The van der Waals surface area contributed by atoms with Crippen LogP contribution < -0.4 is 5.56 Å². The van der Waals surface area contributed by atoms with Gasteiger partial charge in [0.05, 0.1) is 17.2 Å². The number of nitrogens with zero attached hydrogens (tertiary/aromatic N) is 1. The molecule has 1 N–H and O–H groups in total. The number of furan rings is 1. The number of fused-ring (bicyclic) bond motifs is 1. The van der Waals surface area contributed by atoms with Crippen LogP contribution in [0.1, 0.15) is 0 Å². The summed E-state index contributed by atoms with van der Waals surface area (Å²) in [5, 5.41) is 0.581. The highest BCUT2D eigenvalue weighted by molar-refractivity contribution is 5.78. The van der Waals surface area contributed by atoms with Crippen molar-refractivity contribution in [1.29, 1.82) is 0 Å². The lowest BCUT2D eigenvalue weighted by Crippen LogP contribution is -2.08. The second kappa shape index (κ2) is 3.34. The highest BCUT2D eigenvalue weighted by Gasteiger charge is 2.06. The predicted octanol–water partition coefficient (Wildman–Crippen LogP) is 2.18. The summed E-state index contributed by atoms with van der Waals surface area (Å²) in [5.41, 5.74) is 0.509. The van der Waals surface area contributed by atoms with E-state index in [9.17, 15) is 4.79 Å². The number of H-pyrrole nitrogens is 1. The van der Waals surface area contributed by atoms with Gasteiger partial charge in [-0.2, -0.15) is 0 Å². The maximum absolute atomic E-state index is 11.8. The van der Waals surface area contributed by atoms with E-state index in [-0.39, 0.29) is 5.56 Å². The minimum atomic E-state index is -0.156. The Morgan fingerprint density at radius 3 is 2.81 bits per heavy atom. The van der Waals surface area contributed by atoms with Crippen LogP contribution >= 0.6 is 0 Å². The van der Waals surface area contributed by atoms with Gasteiger partial charge in [0, 0.05) is 0 Å². The highest BCUT2D eigenvalue weighted by atomic mass is 16.3. The second-order valence-electron chi connectivity index (χ2n) is 3.41. The van der Waals surface area contributed by atoms with Gasteiger partial charge in [-0.05, 0) is 24.3 Å². The Morgan fingerprint density at radius 2 is 2.00 bits per heavy atom. The molecule has 0 unspecified atom stereocenters. The third-order valence-corrected chi connectivity index (χ3v) is 2.37. The van der Waals surface area contributed by atoms with Gasteiger partial charge in [0.15, 0.2) is 11.6 Å². The van der Waals surface area contributed by atoms with Crippen LogP contribution in [-0.4, -0.2) is 9.97 Å². The molecule has 3 rings (SSSR count). The van der Waals surface area contributed by atoms with Gasteiger partial charge in [-0.1, -0.05) is 12.1 Å². The predicted molar refractivity (Wildman–Crippen MR) is 60.1 cm³/mol. The van der Waals surface area contributed by atoms with E-state index >= 15 is 0 Å². The van der Waals surface area contributed by atoms with Gasteiger partial charge in [0.25, 0.3) is 5.56 Å². The van der Waals surface area contributed by atoms with Crippen LogP contribution in [-0.2, 0) is 0 Å². The molecule has 0 bridgehead atoms. The first-order valence-corrected chi connectivity index (χ1v) is 4.87. The number of nitrogens with one attached hydrogen (secondary N) is 1. The van der Waals surface area contributed by atoms with E-state index in [1.54, 1.807) is 30.5 Å². The number of rotatable bonds is 1. The molecule has 0 aliphatic carbocycles. The number of aromatic amines is 1. The Hall–Kier alpha value is -2.36. The lowest BCUT2D eigenvalue weighted by molar-refractivity contribution is 0.577. The molecule has 0 saturated carbocycles. The highest BCUT2D eigenvalue weighted by Crippen LogP contribution is 2.15. The first kappa shape index (κ1) is 8.91. The fraction of sp³-hybridized carbons (Fsp3) is 0. The number of hydrogen-bond acceptors (Lipinski definition) is 3. The minimum absolute atomic E-state index is 0.156. The number of aromatic nitrogens is 2. The summed E-state index contributed by atoms with van der Waals surface area (Å²) in [7, 11) is 0. The lowest BCUT2D eigenvalue weighted by Gasteiger charge is -1.99. The van der Waals surface area contributed by atoms with Crippen molar-refractivity contribution < 1.29 is 4.42 Å². The molecular weight excluding hydrogens is 204 g/mol. The van der Waals surface area contributed by atoms with Crippen LogP contribution in [0.25, 0.3) is 22.5 Å². The number of hydrogen-bond donors (Lipinski definition) is 1. The van der Waals surface area contributed by atoms with Gasteiger partial charge >= 0.3 is 0 Å². The fourth-order valence-electron chi connectivity index (χ4n) is 1.62. The Kier molecular flexibility index (Phi) is 1.86. The monoisotopic (exact) mass is 212 g/mol. The van der Waals surface area contributed by atoms with E-state index in [4.69, 9.17) is 4.42 Å². The van der Waals surface area contributed by atoms with Crippen LogP contribution in [0, 0.1) is 0 Å². The second-order valence-corrected chi connectivity index (χ2v) is 3.41. The molecular formula is C12H8N2O2. The van der Waals surface area contributed by atoms with Crippen LogP contribution in [0.15, 0.2) is 51.9 Å². The zero-order valence-electron chi connectivity index (χ0n) is 8.31. The Morgan fingerprint density at radius 1 is 1.12 bits per heavy atom. The lowest BCUT2D eigenvalue weighted by atomic mass is 10.2. The quantitative estimate of drug-likeness (QED) is 0.672. The molecule has 2 heterocycles. The summed E-state index contributed by atoms with van der Waals surface area (Å²) in [6.45, 7) is 0. The summed E-state index contributed by atoms with van der Waals surface area (Å²) in [6.07, 6.45) is 1.55. The van der Waals surface area contributed by atoms with Crippen LogP contribution in [0.3, 0.4) is 0 Å². The summed E-state index contributed by atoms with van der Waals surface area (Å²) in [6, 6.07) is 10.7. The summed E-state index contributed by atoms with van der Waals surface area (Å²) in [4.78, 5) is 18.8. The minimum Gasteiger partial charge on any atom is -0.461 e. The van der Waals surface area contributed by atoms with Gasteiger partial charge in [0.2, 0.25) is 0 Å². The van der Waals surface area contributed by atoms with Gasteiger partial charge in [-0.3, -0.25) is 4.79 Å². The third-order valence-electron chi connectivity index (χ3n) is 2.37. The van der Waals surface area contributed by atoms with Gasteiger partial charge < -0.3 is 9.40 Å². The Bertz CT molecular complexity index is 684. The molecule has 3 aromatic rings. The standard InChI is InChI=1S/C12H8N2O2/c15-12-8-4-1-2-5-9(8)13-11(14-12)10-6-3-7-16-10/h1-7H,(H,13,14,15). The Balaban J connectivity index is 2.34. The van der Waals surface area contributed by atoms with Crippen molar-refractivity contribution in [3.05, 3.63) is 53.0 Å². The van der Waals surface area contributed by atoms with Gasteiger partial charge in [-0.25, -0.2) is 4.98 Å². The maximum atomic E-state index is 11.8. The van der Waals surface area contributed by atoms with Crippen molar-refractivity contribution in [1.82, 2.24) is 9.97 Å². The normalized spacial score (nSPS) is 10.8. The van der Waals surface area contributed by atoms with Crippen molar-refractivity contribution in [3.8, 4) is 11.6 Å². The third kappa shape index (κ3) is 1.32. The van der Waals surface area contributed by atoms with Crippen LogP contribution in [0.2, 0.25) is 0 Å². The van der Waals surface area contributed by atoms with Gasteiger partial charge in [-0.15, -0.1) is 0 Å². The summed E-state index contributed by atoms with van der Waals surface area (Å²) in [5.74, 6) is 1.01. The molecule has 0 aliphatic heterocycles. The fourth-order valence-corrected chi connectivity index (χ4v) is 1.62. The molecule has 4 nitrogen and oxygen atoms in total. The maximum Gasteiger partial charge on any atom is 0.259 e.